The number of ketones is 1. The molecular formula is C24H22N2O2. The molecule has 2 unspecified atom stereocenters. The minimum atomic E-state index is -0.287. The van der Waals surface area contributed by atoms with Gasteiger partial charge >= 0.3 is 0 Å². The Bertz CT molecular complexity index is 1050. The number of Topliss-reactive ketones (excluding diaryl/α,β-unsaturated/α-hetero) is 1. The minimum Gasteiger partial charge on any atom is -0.467 e. The maximum absolute atomic E-state index is 13.3. The second-order valence-electron chi connectivity index (χ2n) is 7.60. The van der Waals surface area contributed by atoms with Crippen LogP contribution in [0.4, 0.5) is 11.4 Å². The fraction of sp³-hybridized carbons (Fsp3) is 0.208. The maximum Gasteiger partial charge on any atom is 0.163 e. The SMILES string of the molecule is Cc1ccc2c(c1)NC(c1ccco1)C1=C(CC(c3ccccc3)CC1=O)N2. The van der Waals surface area contributed by atoms with Crippen LogP contribution < -0.4 is 10.6 Å². The molecule has 0 radical (unpaired) electrons. The first-order valence-electron chi connectivity index (χ1n) is 9.68. The molecule has 4 nitrogen and oxygen atoms in total. The zero-order valence-corrected chi connectivity index (χ0v) is 15.7. The summed E-state index contributed by atoms with van der Waals surface area (Å²) in [6, 6.07) is 20.1. The van der Waals surface area contributed by atoms with E-state index in [-0.39, 0.29) is 17.7 Å². The Morgan fingerprint density at radius 1 is 0.964 bits per heavy atom. The van der Waals surface area contributed by atoms with Crippen LogP contribution in [0.5, 0.6) is 0 Å². The normalized spacial score (nSPS) is 21.2. The zero-order chi connectivity index (χ0) is 19.1. The summed E-state index contributed by atoms with van der Waals surface area (Å²) < 4.78 is 5.71. The van der Waals surface area contributed by atoms with E-state index >= 15 is 0 Å². The van der Waals surface area contributed by atoms with Crippen molar-refractivity contribution in [3.8, 4) is 0 Å². The van der Waals surface area contributed by atoms with Gasteiger partial charge in [0, 0.05) is 17.7 Å². The smallest absolute Gasteiger partial charge is 0.163 e. The fourth-order valence-electron chi connectivity index (χ4n) is 4.29. The Kier molecular flexibility index (Phi) is 4.05. The molecule has 0 fully saturated rings. The van der Waals surface area contributed by atoms with Gasteiger partial charge in [0.1, 0.15) is 11.8 Å². The first-order chi connectivity index (χ1) is 13.7. The van der Waals surface area contributed by atoms with Gasteiger partial charge in [-0.05, 0) is 54.7 Å². The van der Waals surface area contributed by atoms with Crippen LogP contribution in [0.3, 0.4) is 0 Å². The first kappa shape index (κ1) is 16.9. The van der Waals surface area contributed by atoms with E-state index in [1.165, 1.54) is 11.1 Å². The Balaban J connectivity index is 1.61. The summed E-state index contributed by atoms with van der Waals surface area (Å²) in [5, 5.41) is 7.12. The van der Waals surface area contributed by atoms with Crippen molar-refractivity contribution in [2.24, 2.45) is 0 Å². The number of hydrogen-bond donors (Lipinski definition) is 2. The molecule has 28 heavy (non-hydrogen) atoms. The van der Waals surface area contributed by atoms with Crippen molar-refractivity contribution < 1.29 is 9.21 Å². The lowest BCUT2D eigenvalue weighted by Gasteiger charge is -2.29. The first-order valence-corrected chi connectivity index (χ1v) is 9.68. The Labute approximate surface area is 164 Å². The van der Waals surface area contributed by atoms with Gasteiger partial charge in [0.25, 0.3) is 0 Å². The van der Waals surface area contributed by atoms with E-state index < -0.39 is 0 Å². The lowest BCUT2D eigenvalue weighted by molar-refractivity contribution is -0.116. The molecule has 140 valence electrons. The molecule has 1 aromatic heterocycles. The lowest BCUT2D eigenvalue weighted by atomic mass is 9.79. The molecule has 0 spiro atoms. The summed E-state index contributed by atoms with van der Waals surface area (Å²) >= 11 is 0. The number of anilines is 2. The summed E-state index contributed by atoms with van der Waals surface area (Å²) in [6.07, 6.45) is 2.98. The summed E-state index contributed by atoms with van der Waals surface area (Å²) in [5.41, 5.74) is 6.13. The van der Waals surface area contributed by atoms with Crippen molar-refractivity contribution in [2.45, 2.75) is 31.7 Å². The third-order valence-electron chi connectivity index (χ3n) is 5.66. The van der Waals surface area contributed by atoms with Crippen molar-refractivity contribution in [3.63, 3.8) is 0 Å². The van der Waals surface area contributed by atoms with Crippen molar-refractivity contribution >= 4 is 17.2 Å². The van der Waals surface area contributed by atoms with Gasteiger partial charge in [0.15, 0.2) is 5.78 Å². The van der Waals surface area contributed by atoms with Crippen LogP contribution in [0.25, 0.3) is 0 Å². The van der Waals surface area contributed by atoms with Gasteiger partial charge < -0.3 is 15.1 Å². The Morgan fingerprint density at radius 3 is 2.61 bits per heavy atom. The summed E-state index contributed by atoms with van der Waals surface area (Å²) in [6.45, 7) is 2.07. The number of carbonyl (C=O) groups excluding carboxylic acids is 1. The van der Waals surface area contributed by atoms with Gasteiger partial charge in [-0.2, -0.15) is 0 Å². The van der Waals surface area contributed by atoms with Gasteiger partial charge in [-0.3, -0.25) is 4.79 Å². The summed E-state index contributed by atoms with van der Waals surface area (Å²) in [4.78, 5) is 13.3. The van der Waals surface area contributed by atoms with Crippen molar-refractivity contribution in [3.05, 3.63) is 95.1 Å². The van der Waals surface area contributed by atoms with Crippen LogP contribution in [0, 0.1) is 6.92 Å². The molecule has 0 bridgehead atoms. The third-order valence-corrected chi connectivity index (χ3v) is 5.66. The quantitative estimate of drug-likeness (QED) is 0.619. The average molecular weight is 370 g/mol. The number of carbonyl (C=O) groups is 1. The second kappa shape index (κ2) is 6.71. The maximum atomic E-state index is 13.3. The molecule has 1 aliphatic heterocycles. The highest BCUT2D eigenvalue weighted by atomic mass is 16.3. The number of benzene rings is 2. The van der Waals surface area contributed by atoms with E-state index in [9.17, 15) is 4.79 Å². The molecule has 1 aliphatic carbocycles. The van der Waals surface area contributed by atoms with Crippen LogP contribution >= 0.6 is 0 Å². The fourth-order valence-corrected chi connectivity index (χ4v) is 4.29. The van der Waals surface area contributed by atoms with E-state index in [0.717, 1.165) is 34.8 Å². The Morgan fingerprint density at radius 2 is 1.82 bits per heavy atom. The molecule has 2 aromatic carbocycles. The molecular weight excluding hydrogens is 348 g/mol. The number of furan rings is 1. The van der Waals surface area contributed by atoms with Crippen LogP contribution in [-0.2, 0) is 4.79 Å². The number of aryl methyl sites for hydroxylation is 1. The standard InChI is InChI=1S/C24H22N2O2/c1-15-9-10-18-19(12-15)26-24(22-8-5-11-28-22)23-20(25-18)13-17(14-21(23)27)16-6-3-2-4-7-16/h2-12,17,24-26H,13-14H2,1H3. The number of fused-ring (bicyclic) bond motifs is 1. The van der Waals surface area contributed by atoms with Crippen molar-refractivity contribution in [2.75, 3.05) is 10.6 Å². The highest BCUT2D eigenvalue weighted by molar-refractivity contribution is 6.01. The van der Waals surface area contributed by atoms with E-state index in [0.29, 0.717) is 6.42 Å². The monoisotopic (exact) mass is 370 g/mol. The van der Waals surface area contributed by atoms with Crippen molar-refractivity contribution in [1.29, 1.82) is 0 Å². The molecule has 0 saturated carbocycles. The van der Waals surface area contributed by atoms with Gasteiger partial charge in [-0.25, -0.2) is 0 Å². The predicted molar refractivity (Wildman–Crippen MR) is 110 cm³/mol. The number of allylic oxidation sites excluding steroid dienone is 1. The van der Waals surface area contributed by atoms with Gasteiger partial charge in [-0.1, -0.05) is 36.4 Å². The number of nitrogens with one attached hydrogen (secondary N) is 2. The van der Waals surface area contributed by atoms with Gasteiger partial charge in [0.05, 0.1) is 17.6 Å². The molecule has 5 rings (SSSR count). The Hall–Kier alpha value is -3.27. The van der Waals surface area contributed by atoms with E-state index in [1.54, 1.807) is 6.26 Å². The largest absolute Gasteiger partial charge is 0.467 e. The van der Waals surface area contributed by atoms with E-state index in [1.807, 2.05) is 30.3 Å². The molecule has 3 aromatic rings. The topological polar surface area (TPSA) is 54.3 Å². The van der Waals surface area contributed by atoms with Crippen LogP contribution in [-0.4, -0.2) is 5.78 Å². The highest BCUT2D eigenvalue weighted by Crippen LogP contribution is 2.44. The number of rotatable bonds is 2. The second-order valence-corrected chi connectivity index (χ2v) is 7.60. The molecule has 0 saturated heterocycles. The highest BCUT2D eigenvalue weighted by Gasteiger charge is 2.37. The molecule has 2 atom stereocenters. The molecule has 2 N–H and O–H groups in total. The van der Waals surface area contributed by atoms with E-state index in [2.05, 4.69) is 47.9 Å². The average Bonchev–Trinajstić information content (AvgIpc) is 3.18. The van der Waals surface area contributed by atoms with Crippen LogP contribution in [0.15, 0.2) is 82.6 Å². The molecule has 4 heteroatoms. The summed E-state index contributed by atoms with van der Waals surface area (Å²) in [7, 11) is 0. The van der Waals surface area contributed by atoms with Crippen molar-refractivity contribution in [1.82, 2.24) is 0 Å². The van der Waals surface area contributed by atoms with E-state index in [4.69, 9.17) is 4.42 Å². The third kappa shape index (κ3) is 2.91. The lowest BCUT2D eigenvalue weighted by Crippen LogP contribution is -2.26. The molecule has 2 heterocycles. The minimum absolute atomic E-state index is 0.168. The van der Waals surface area contributed by atoms with Gasteiger partial charge in [0.2, 0.25) is 0 Å². The van der Waals surface area contributed by atoms with Crippen LogP contribution in [0.2, 0.25) is 0 Å². The molecule has 0 amide bonds. The van der Waals surface area contributed by atoms with Crippen LogP contribution in [0.1, 0.15) is 41.7 Å². The predicted octanol–water partition coefficient (Wildman–Crippen LogP) is 5.57. The summed E-state index contributed by atoms with van der Waals surface area (Å²) in [5.74, 6) is 1.11. The van der Waals surface area contributed by atoms with Gasteiger partial charge in [-0.15, -0.1) is 0 Å². The number of hydrogen-bond acceptors (Lipinski definition) is 4. The zero-order valence-electron chi connectivity index (χ0n) is 15.7. The molecule has 2 aliphatic rings.